The largest absolute Gasteiger partial charge is 0.410 e. The summed E-state index contributed by atoms with van der Waals surface area (Å²) in [5.74, 6) is -0.454. The van der Waals surface area contributed by atoms with E-state index in [9.17, 15) is 18.0 Å². The summed E-state index contributed by atoms with van der Waals surface area (Å²) in [7, 11) is 0. The number of pyridine rings is 1. The summed E-state index contributed by atoms with van der Waals surface area (Å²) < 4.78 is 41.9. The number of nitrogens with zero attached hydrogens (tertiary/aromatic N) is 3. The number of aromatic nitrogens is 3. The fourth-order valence-electron chi connectivity index (χ4n) is 3.40. The summed E-state index contributed by atoms with van der Waals surface area (Å²) in [5, 5.41) is 9.62. The van der Waals surface area contributed by atoms with E-state index >= 15 is 0 Å². The first-order chi connectivity index (χ1) is 13.9. The minimum Gasteiger partial charge on any atom is -0.363 e. The van der Waals surface area contributed by atoms with Crippen LogP contribution in [0.1, 0.15) is 40.1 Å². The molecule has 0 radical (unpaired) electrons. The summed E-state index contributed by atoms with van der Waals surface area (Å²) in [6.45, 7) is 0.162. The Hall–Kier alpha value is -3.36. The van der Waals surface area contributed by atoms with Crippen LogP contribution in [0.15, 0.2) is 60.9 Å². The molecule has 1 aliphatic rings. The molecule has 3 aromatic rings. The second-order valence-corrected chi connectivity index (χ2v) is 6.76. The summed E-state index contributed by atoms with van der Waals surface area (Å²) in [5.41, 5.74) is 1.43. The number of nitrogens with one attached hydrogen (secondary N) is 2. The quantitative estimate of drug-likeness (QED) is 0.696. The maximum absolute atomic E-state index is 13.7. The molecule has 2 N–H and O–H groups in total. The molecule has 0 bridgehead atoms. The first kappa shape index (κ1) is 19.0. The summed E-state index contributed by atoms with van der Waals surface area (Å²) in [6, 6.07) is 11.7. The van der Waals surface area contributed by atoms with Gasteiger partial charge in [-0.3, -0.25) is 9.78 Å². The third kappa shape index (κ3) is 3.94. The minimum absolute atomic E-state index is 0.0611. The molecule has 29 heavy (non-hydrogen) atoms. The van der Waals surface area contributed by atoms with Crippen molar-refractivity contribution < 1.29 is 18.0 Å². The molecule has 3 heterocycles. The predicted molar refractivity (Wildman–Crippen MR) is 100 cm³/mol. The topological polar surface area (TPSA) is 71.8 Å². The number of alkyl halides is 3. The molecule has 1 aromatic carbocycles. The number of amides is 1. The van der Waals surface area contributed by atoms with Gasteiger partial charge in [-0.25, -0.2) is 4.68 Å². The number of carbonyl (C=O) groups excluding carboxylic acids is 1. The lowest BCUT2D eigenvalue weighted by Gasteiger charge is -2.34. The van der Waals surface area contributed by atoms with Crippen molar-refractivity contribution >= 4 is 11.7 Å². The Morgan fingerprint density at radius 3 is 2.62 bits per heavy atom. The smallest absolute Gasteiger partial charge is 0.363 e. The van der Waals surface area contributed by atoms with Crippen LogP contribution in [0.5, 0.6) is 0 Å². The molecule has 2 atom stereocenters. The van der Waals surface area contributed by atoms with E-state index in [-0.39, 0.29) is 24.3 Å². The van der Waals surface area contributed by atoms with E-state index in [0.29, 0.717) is 11.3 Å². The molecule has 4 rings (SSSR count). The fourth-order valence-corrected chi connectivity index (χ4v) is 3.40. The van der Waals surface area contributed by atoms with E-state index in [1.165, 1.54) is 6.20 Å². The third-order valence-corrected chi connectivity index (χ3v) is 4.84. The van der Waals surface area contributed by atoms with E-state index in [0.717, 1.165) is 4.68 Å². The van der Waals surface area contributed by atoms with Gasteiger partial charge in [-0.2, -0.15) is 18.3 Å². The lowest BCUT2D eigenvalue weighted by molar-refractivity contribution is -0.173. The summed E-state index contributed by atoms with van der Waals surface area (Å²) in [4.78, 5) is 16.8. The number of hydrogen-bond acceptors (Lipinski definition) is 4. The molecule has 9 heteroatoms. The number of fused-ring (bicyclic) bond motifs is 1. The second kappa shape index (κ2) is 7.57. The summed E-state index contributed by atoms with van der Waals surface area (Å²) in [6.07, 6.45) is -1.93. The molecule has 2 aromatic heterocycles. The molecule has 6 nitrogen and oxygen atoms in total. The van der Waals surface area contributed by atoms with Crippen LogP contribution in [0.3, 0.4) is 0 Å². The lowest BCUT2D eigenvalue weighted by atomic mass is 9.96. The van der Waals surface area contributed by atoms with Gasteiger partial charge in [-0.05, 0) is 17.7 Å². The first-order valence-electron chi connectivity index (χ1n) is 9.07. The van der Waals surface area contributed by atoms with Crippen LogP contribution >= 0.6 is 0 Å². The highest BCUT2D eigenvalue weighted by Crippen LogP contribution is 2.44. The number of anilines is 1. The van der Waals surface area contributed by atoms with Gasteiger partial charge in [0.25, 0.3) is 5.91 Å². The van der Waals surface area contributed by atoms with Crippen LogP contribution in [-0.2, 0) is 6.54 Å². The highest BCUT2D eigenvalue weighted by Gasteiger charge is 2.47. The maximum atomic E-state index is 13.7. The highest BCUT2D eigenvalue weighted by molar-refractivity contribution is 5.98. The number of hydrogen-bond donors (Lipinski definition) is 2. The zero-order chi connectivity index (χ0) is 20.4. The van der Waals surface area contributed by atoms with E-state index in [2.05, 4.69) is 20.7 Å². The molecule has 0 spiro atoms. The van der Waals surface area contributed by atoms with Crippen molar-refractivity contribution in [1.29, 1.82) is 0 Å². The van der Waals surface area contributed by atoms with Crippen LogP contribution in [0.2, 0.25) is 0 Å². The Balaban J connectivity index is 1.62. The van der Waals surface area contributed by atoms with Gasteiger partial charge in [0.1, 0.15) is 11.4 Å². The molecule has 0 saturated carbocycles. The molecule has 0 fully saturated rings. The molecule has 0 aliphatic carbocycles. The number of benzene rings is 1. The SMILES string of the molecule is O=C(NCc1ccccn1)c1cnn2c1N[C@H](c1ccccc1)C[C@@H]2C(F)(F)F. The van der Waals surface area contributed by atoms with Gasteiger partial charge in [-0.15, -0.1) is 0 Å². The fraction of sp³-hybridized carbons (Fsp3) is 0.250. The lowest BCUT2D eigenvalue weighted by Crippen LogP contribution is -2.36. The molecule has 150 valence electrons. The Bertz CT molecular complexity index is 988. The molecule has 0 saturated heterocycles. The van der Waals surface area contributed by atoms with Crippen LogP contribution < -0.4 is 10.6 Å². The van der Waals surface area contributed by atoms with Crippen LogP contribution in [0.4, 0.5) is 19.0 Å². The Kier molecular flexibility index (Phi) is 4.96. The van der Waals surface area contributed by atoms with E-state index in [1.807, 2.05) is 0 Å². The van der Waals surface area contributed by atoms with Gasteiger partial charge >= 0.3 is 6.18 Å². The summed E-state index contributed by atoms with van der Waals surface area (Å²) >= 11 is 0. The van der Waals surface area contributed by atoms with Crippen molar-refractivity contribution in [2.45, 2.75) is 31.2 Å². The second-order valence-electron chi connectivity index (χ2n) is 6.76. The minimum atomic E-state index is -4.49. The van der Waals surface area contributed by atoms with E-state index < -0.39 is 24.2 Å². The van der Waals surface area contributed by atoms with Gasteiger partial charge in [0, 0.05) is 12.6 Å². The maximum Gasteiger partial charge on any atom is 0.410 e. The average molecular weight is 401 g/mol. The van der Waals surface area contributed by atoms with Crippen LogP contribution in [0.25, 0.3) is 0 Å². The van der Waals surface area contributed by atoms with Crippen molar-refractivity contribution in [3.8, 4) is 0 Å². The number of rotatable bonds is 4. The van der Waals surface area contributed by atoms with Crippen molar-refractivity contribution in [2.24, 2.45) is 0 Å². The molecular formula is C20H18F3N5O. The Morgan fingerprint density at radius 2 is 1.93 bits per heavy atom. The highest BCUT2D eigenvalue weighted by atomic mass is 19.4. The molecule has 0 unspecified atom stereocenters. The third-order valence-electron chi connectivity index (χ3n) is 4.84. The molecule has 1 amide bonds. The molecule has 1 aliphatic heterocycles. The van der Waals surface area contributed by atoms with Crippen molar-refractivity contribution in [1.82, 2.24) is 20.1 Å². The normalized spacial score (nSPS) is 18.6. The van der Waals surface area contributed by atoms with Gasteiger partial charge in [-0.1, -0.05) is 36.4 Å². The Labute approximate surface area is 164 Å². The average Bonchev–Trinajstić information content (AvgIpc) is 3.16. The zero-order valence-corrected chi connectivity index (χ0v) is 15.2. The molecular weight excluding hydrogens is 383 g/mol. The van der Waals surface area contributed by atoms with Crippen molar-refractivity contribution in [2.75, 3.05) is 5.32 Å². The van der Waals surface area contributed by atoms with Crippen LogP contribution in [0, 0.1) is 0 Å². The van der Waals surface area contributed by atoms with Gasteiger partial charge in [0.05, 0.1) is 24.5 Å². The predicted octanol–water partition coefficient (Wildman–Crippen LogP) is 3.87. The standard InChI is InChI=1S/C20H18F3N5O/c21-20(22,23)17-10-16(13-6-2-1-3-7-13)27-18-15(12-26-28(17)18)19(29)25-11-14-8-4-5-9-24-14/h1-9,12,16-17,27H,10-11H2,(H,25,29)/t16-,17+/m0/s1. The zero-order valence-electron chi connectivity index (χ0n) is 15.2. The Morgan fingerprint density at radius 1 is 1.17 bits per heavy atom. The van der Waals surface area contributed by atoms with E-state index in [4.69, 9.17) is 0 Å². The van der Waals surface area contributed by atoms with Crippen molar-refractivity contribution in [3.63, 3.8) is 0 Å². The first-order valence-corrected chi connectivity index (χ1v) is 9.07. The monoisotopic (exact) mass is 401 g/mol. The van der Waals surface area contributed by atoms with Gasteiger partial charge in [0.2, 0.25) is 0 Å². The van der Waals surface area contributed by atoms with Gasteiger partial charge < -0.3 is 10.6 Å². The number of halogens is 3. The van der Waals surface area contributed by atoms with E-state index in [1.54, 1.807) is 54.7 Å². The van der Waals surface area contributed by atoms with Crippen molar-refractivity contribution in [3.05, 3.63) is 77.7 Å². The number of carbonyl (C=O) groups is 1. The van der Waals surface area contributed by atoms with Gasteiger partial charge in [0.15, 0.2) is 6.04 Å². The van der Waals surface area contributed by atoms with Crippen LogP contribution in [-0.4, -0.2) is 26.8 Å².